The highest BCUT2D eigenvalue weighted by atomic mass is 16.5. The lowest BCUT2D eigenvalue weighted by Gasteiger charge is -2.14. The predicted octanol–water partition coefficient (Wildman–Crippen LogP) is 1.68. The first-order valence-corrected chi connectivity index (χ1v) is 5.04. The van der Waals surface area contributed by atoms with Crippen LogP contribution in [0.15, 0.2) is 0 Å². The van der Waals surface area contributed by atoms with E-state index in [1.54, 1.807) is 0 Å². The van der Waals surface area contributed by atoms with Crippen LogP contribution in [0.2, 0.25) is 0 Å². The van der Waals surface area contributed by atoms with E-state index in [2.05, 4.69) is 20.8 Å². The maximum absolute atomic E-state index is 5.38. The molecule has 0 aliphatic carbocycles. The minimum atomic E-state index is 0.396. The van der Waals surface area contributed by atoms with E-state index in [0.717, 1.165) is 26.1 Å². The van der Waals surface area contributed by atoms with Crippen molar-refractivity contribution >= 4 is 0 Å². The van der Waals surface area contributed by atoms with Gasteiger partial charge in [0.2, 0.25) is 0 Å². The third-order valence-corrected chi connectivity index (χ3v) is 1.48. The molecule has 3 heteroatoms. The molecule has 0 aromatic heterocycles. The molecular formula is C10H26N2O. The summed E-state index contributed by atoms with van der Waals surface area (Å²) in [6.07, 6.45) is 2.58. The van der Waals surface area contributed by atoms with Gasteiger partial charge in [-0.25, -0.2) is 0 Å². The van der Waals surface area contributed by atoms with Crippen LogP contribution < -0.4 is 5.73 Å². The van der Waals surface area contributed by atoms with Crippen LogP contribution in [0.5, 0.6) is 0 Å². The SMILES string of the molecule is CCC(C)OCN(C)C.CCCN. The first-order chi connectivity index (χ1) is 6.08. The molecule has 0 aliphatic rings. The number of nitrogens with two attached hydrogens (primary N) is 1. The molecule has 0 bridgehead atoms. The molecule has 0 saturated carbocycles. The molecule has 0 fully saturated rings. The second-order valence-electron chi connectivity index (χ2n) is 3.38. The van der Waals surface area contributed by atoms with Gasteiger partial charge in [-0.15, -0.1) is 0 Å². The van der Waals surface area contributed by atoms with Crippen LogP contribution in [0, 0.1) is 0 Å². The topological polar surface area (TPSA) is 38.5 Å². The first-order valence-electron chi connectivity index (χ1n) is 5.04. The molecule has 0 rings (SSSR count). The molecule has 0 saturated heterocycles. The zero-order chi connectivity index (χ0) is 10.7. The highest BCUT2D eigenvalue weighted by molar-refractivity contribution is 4.42. The largest absolute Gasteiger partial charge is 0.363 e. The fourth-order valence-electron chi connectivity index (χ4n) is 0.394. The van der Waals surface area contributed by atoms with E-state index in [0.29, 0.717) is 6.10 Å². The van der Waals surface area contributed by atoms with Gasteiger partial charge in [0.15, 0.2) is 0 Å². The minimum Gasteiger partial charge on any atom is -0.363 e. The fourth-order valence-corrected chi connectivity index (χ4v) is 0.394. The molecular weight excluding hydrogens is 164 g/mol. The van der Waals surface area contributed by atoms with E-state index in [1.165, 1.54) is 0 Å². The van der Waals surface area contributed by atoms with Crippen molar-refractivity contribution in [3.8, 4) is 0 Å². The summed E-state index contributed by atoms with van der Waals surface area (Å²) in [7, 11) is 4.00. The standard InChI is InChI=1S/C7H17NO.C3H9N/c1-5-7(2)9-6-8(3)4;1-2-3-4/h7H,5-6H2,1-4H3;2-4H2,1H3. The summed E-state index contributed by atoms with van der Waals surface area (Å²) in [6, 6.07) is 0. The molecule has 0 aliphatic heterocycles. The molecule has 1 unspecified atom stereocenters. The fraction of sp³-hybridized carbons (Fsp3) is 1.00. The third-order valence-electron chi connectivity index (χ3n) is 1.48. The normalized spacial score (nSPS) is 12.2. The van der Waals surface area contributed by atoms with E-state index in [4.69, 9.17) is 10.5 Å². The van der Waals surface area contributed by atoms with Gasteiger partial charge >= 0.3 is 0 Å². The number of hydrogen-bond donors (Lipinski definition) is 1. The van der Waals surface area contributed by atoms with Crippen molar-refractivity contribution in [1.82, 2.24) is 4.90 Å². The third kappa shape index (κ3) is 18.7. The van der Waals surface area contributed by atoms with E-state index < -0.39 is 0 Å². The summed E-state index contributed by atoms with van der Waals surface area (Å²) in [5, 5.41) is 0. The predicted molar refractivity (Wildman–Crippen MR) is 58.7 cm³/mol. The average Bonchev–Trinajstić information content (AvgIpc) is 2.14. The Labute approximate surface area is 83.2 Å². The number of ether oxygens (including phenoxy) is 1. The Bertz CT molecular complexity index is 85.0. The van der Waals surface area contributed by atoms with E-state index in [1.807, 2.05) is 19.0 Å². The molecule has 2 N–H and O–H groups in total. The number of nitrogens with zero attached hydrogens (tertiary/aromatic N) is 1. The van der Waals surface area contributed by atoms with Crippen LogP contribution in [0.1, 0.15) is 33.6 Å². The molecule has 13 heavy (non-hydrogen) atoms. The van der Waals surface area contributed by atoms with Gasteiger partial charge in [0.25, 0.3) is 0 Å². The Hall–Kier alpha value is -0.120. The number of rotatable bonds is 5. The lowest BCUT2D eigenvalue weighted by Crippen LogP contribution is -2.20. The van der Waals surface area contributed by atoms with Crippen LogP contribution in [-0.2, 0) is 4.74 Å². The summed E-state index contributed by atoms with van der Waals surface area (Å²) >= 11 is 0. The summed E-state index contributed by atoms with van der Waals surface area (Å²) in [5.41, 5.74) is 5.03. The Morgan fingerprint density at radius 2 is 1.77 bits per heavy atom. The van der Waals surface area contributed by atoms with Crippen molar-refractivity contribution in [1.29, 1.82) is 0 Å². The first kappa shape index (κ1) is 15.4. The lowest BCUT2D eigenvalue weighted by atomic mass is 10.3. The van der Waals surface area contributed by atoms with Crippen molar-refractivity contribution in [3.05, 3.63) is 0 Å². The van der Waals surface area contributed by atoms with Gasteiger partial charge in [0, 0.05) is 0 Å². The number of hydrogen-bond acceptors (Lipinski definition) is 3. The van der Waals surface area contributed by atoms with Crippen LogP contribution >= 0.6 is 0 Å². The smallest absolute Gasteiger partial charge is 0.0988 e. The van der Waals surface area contributed by atoms with Crippen molar-refractivity contribution < 1.29 is 4.74 Å². The molecule has 0 aromatic carbocycles. The lowest BCUT2D eigenvalue weighted by molar-refractivity contribution is 0.00432. The van der Waals surface area contributed by atoms with Crippen LogP contribution in [-0.4, -0.2) is 38.4 Å². The molecule has 0 spiro atoms. The van der Waals surface area contributed by atoms with Gasteiger partial charge in [0.05, 0.1) is 12.8 Å². The van der Waals surface area contributed by atoms with Gasteiger partial charge in [-0.05, 0) is 40.4 Å². The zero-order valence-electron chi connectivity index (χ0n) is 9.84. The molecule has 0 aromatic rings. The maximum Gasteiger partial charge on any atom is 0.0988 e. The summed E-state index contributed by atoms with van der Waals surface area (Å²) < 4.78 is 5.38. The van der Waals surface area contributed by atoms with Crippen molar-refractivity contribution in [3.63, 3.8) is 0 Å². The summed E-state index contributed by atoms with van der Waals surface area (Å²) in [4.78, 5) is 2.02. The minimum absolute atomic E-state index is 0.396. The van der Waals surface area contributed by atoms with Crippen LogP contribution in [0.3, 0.4) is 0 Å². The van der Waals surface area contributed by atoms with Crippen molar-refractivity contribution in [2.45, 2.75) is 39.7 Å². The summed E-state index contributed by atoms with van der Waals surface area (Å²) in [5.74, 6) is 0. The molecule has 0 radical (unpaired) electrons. The highest BCUT2D eigenvalue weighted by Crippen LogP contribution is 1.94. The molecule has 0 amide bonds. The highest BCUT2D eigenvalue weighted by Gasteiger charge is 1.96. The average molecular weight is 190 g/mol. The second kappa shape index (κ2) is 11.9. The van der Waals surface area contributed by atoms with Gasteiger partial charge in [-0.3, -0.25) is 4.90 Å². The maximum atomic E-state index is 5.38. The van der Waals surface area contributed by atoms with Crippen LogP contribution in [0.4, 0.5) is 0 Å². The van der Waals surface area contributed by atoms with E-state index in [-0.39, 0.29) is 0 Å². The van der Waals surface area contributed by atoms with Gasteiger partial charge in [-0.1, -0.05) is 13.8 Å². The molecule has 1 atom stereocenters. The Kier molecular flexibility index (Phi) is 14.0. The molecule has 82 valence electrons. The Balaban J connectivity index is 0. The second-order valence-corrected chi connectivity index (χ2v) is 3.38. The monoisotopic (exact) mass is 190 g/mol. The quantitative estimate of drug-likeness (QED) is 0.670. The van der Waals surface area contributed by atoms with Crippen LogP contribution in [0.25, 0.3) is 0 Å². The van der Waals surface area contributed by atoms with E-state index in [9.17, 15) is 0 Å². The Morgan fingerprint density at radius 1 is 1.31 bits per heavy atom. The van der Waals surface area contributed by atoms with Gasteiger partial charge < -0.3 is 10.5 Å². The van der Waals surface area contributed by atoms with Crippen molar-refractivity contribution in [2.24, 2.45) is 5.73 Å². The Morgan fingerprint density at radius 3 is 2.00 bits per heavy atom. The van der Waals surface area contributed by atoms with Gasteiger partial charge in [0.1, 0.15) is 0 Å². The van der Waals surface area contributed by atoms with Gasteiger partial charge in [-0.2, -0.15) is 0 Å². The summed E-state index contributed by atoms with van der Waals surface area (Å²) in [6.45, 7) is 7.82. The zero-order valence-corrected chi connectivity index (χ0v) is 9.84. The van der Waals surface area contributed by atoms with Crippen molar-refractivity contribution in [2.75, 3.05) is 27.4 Å². The van der Waals surface area contributed by atoms with E-state index >= 15 is 0 Å². The molecule has 3 nitrogen and oxygen atoms in total. The molecule has 0 heterocycles.